The van der Waals surface area contributed by atoms with Crippen molar-refractivity contribution in [1.29, 1.82) is 0 Å². The van der Waals surface area contributed by atoms with Gasteiger partial charge in [-0.1, -0.05) is 95.4 Å². The molecule has 21 heavy (non-hydrogen) atoms. The molecule has 0 amide bonds. The molecule has 0 aromatic heterocycles. The highest BCUT2D eigenvalue weighted by atomic mass is 16.5. The van der Waals surface area contributed by atoms with E-state index in [1.165, 1.54) is 77.0 Å². The Hall–Kier alpha value is -0.980. The lowest BCUT2D eigenvalue weighted by atomic mass is 10.1. The van der Waals surface area contributed by atoms with Gasteiger partial charge >= 0.3 is 0 Å². The van der Waals surface area contributed by atoms with Crippen LogP contribution in [0.4, 0.5) is 0 Å². The van der Waals surface area contributed by atoms with Crippen LogP contribution in [0.2, 0.25) is 0 Å². The first-order valence-corrected chi connectivity index (χ1v) is 8.93. The Bertz CT molecular complexity index is 263. The van der Waals surface area contributed by atoms with E-state index in [0.29, 0.717) is 0 Å². The number of ether oxygens (including phenoxy) is 1. The molecule has 1 nitrogen and oxygen atoms in total. The van der Waals surface area contributed by atoms with E-state index in [0.717, 1.165) is 0 Å². The first-order valence-electron chi connectivity index (χ1n) is 8.93. The lowest BCUT2D eigenvalue weighted by Gasteiger charge is -2.01. The molecular weight excluding hydrogens is 256 g/mol. The molecule has 0 N–H and O–H groups in total. The molecule has 0 bridgehead atoms. The maximum Gasteiger partial charge on any atom is 0.0824 e. The van der Waals surface area contributed by atoms with Crippen molar-refractivity contribution in [3.05, 3.63) is 36.6 Å². The molecular formula is C20H36O. The Labute approximate surface area is 133 Å². The minimum absolute atomic E-state index is 1.20. The number of allylic oxidation sites excluding steroid dienone is 5. The van der Waals surface area contributed by atoms with Crippen molar-refractivity contribution in [2.45, 2.75) is 84.0 Å². The first kappa shape index (κ1) is 20.0. The number of unbranched alkanes of at least 4 members (excludes halogenated alkanes) is 11. The van der Waals surface area contributed by atoms with Crippen molar-refractivity contribution >= 4 is 0 Å². The predicted molar refractivity (Wildman–Crippen MR) is 95.5 cm³/mol. The Morgan fingerprint density at radius 1 is 0.619 bits per heavy atom. The zero-order valence-electron chi connectivity index (χ0n) is 14.4. The van der Waals surface area contributed by atoms with Gasteiger partial charge in [-0.05, 0) is 18.9 Å². The molecule has 0 aromatic carbocycles. The molecule has 0 atom stereocenters. The summed E-state index contributed by atoms with van der Waals surface area (Å²) in [7, 11) is 1.66. The monoisotopic (exact) mass is 292 g/mol. The van der Waals surface area contributed by atoms with Gasteiger partial charge in [0.15, 0.2) is 0 Å². The molecule has 0 saturated heterocycles. The molecule has 0 spiro atoms. The van der Waals surface area contributed by atoms with Crippen molar-refractivity contribution in [2.24, 2.45) is 0 Å². The quantitative estimate of drug-likeness (QED) is 0.180. The van der Waals surface area contributed by atoms with Gasteiger partial charge in [0.25, 0.3) is 0 Å². The van der Waals surface area contributed by atoms with Gasteiger partial charge in [-0.15, -0.1) is 0 Å². The summed E-state index contributed by atoms with van der Waals surface area (Å²) in [6.45, 7) is 2.28. The fourth-order valence-electron chi connectivity index (χ4n) is 2.35. The van der Waals surface area contributed by atoms with Crippen LogP contribution in [0, 0.1) is 0 Å². The molecule has 122 valence electrons. The number of hydrogen-bond donors (Lipinski definition) is 0. The van der Waals surface area contributed by atoms with Gasteiger partial charge in [0.2, 0.25) is 0 Å². The number of hydrogen-bond acceptors (Lipinski definition) is 1. The van der Waals surface area contributed by atoms with Crippen LogP contribution in [0.5, 0.6) is 0 Å². The largest absolute Gasteiger partial charge is 0.504 e. The lowest BCUT2D eigenvalue weighted by Crippen LogP contribution is -1.81. The summed E-state index contributed by atoms with van der Waals surface area (Å²) >= 11 is 0. The third-order valence-corrected chi connectivity index (χ3v) is 3.66. The second-order valence-corrected chi connectivity index (χ2v) is 5.70. The molecule has 1 heteroatoms. The normalized spacial score (nSPS) is 12.1. The van der Waals surface area contributed by atoms with Crippen molar-refractivity contribution in [1.82, 2.24) is 0 Å². The SMILES string of the molecule is CCCCCCCCCCCCC/C=C/C=C/C=C/OC. The van der Waals surface area contributed by atoms with E-state index >= 15 is 0 Å². The van der Waals surface area contributed by atoms with Crippen molar-refractivity contribution in [3.63, 3.8) is 0 Å². The average Bonchev–Trinajstić information content (AvgIpc) is 2.50. The van der Waals surface area contributed by atoms with Crippen LogP contribution in [0.15, 0.2) is 36.6 Å². The number of rotatable bonds is 15. The van der Waals surface area contributed by atoms with Crippen LogP contribution in [0.25, 0.3) is 0 Å². The minimum Gasteiger partial charge on any atom is -0.504 e. The molecule has 0 radical (unpaired) electrons. The number of methoxy groups -OCH3 is 1. The predicted octanol–water partition coefficient (Wildman–Crippen LogP) is 6.96. The smallest absolute Gasteiger partial charge is 0.0824 e. The van der Waals surface area contributed by atoms with Crippen LogP contribution < -0.4 is 0 Å². The van der Waals surface area contributed by atoms with E-state index in [1.54, 1.807) is 13.4 Å². The van der Waals surface area contributed by atoms with Crippen molar-refractivity contribution < 1.29 is 4.74 Å². The van der Waals surface area contributed by atoms with E-state index < -0.39 is 0 Å². The van der Waals surface area contributed by atoms with Gasteiger partial charge in [-0.25, -0.2) is 0 Å². The summed E-state index contributed by atoms with van der Waals surface area (Å²) < 4.78 is 4.81. The summed E-state index contributed by atoms with van der Waals surface area (Å²) in [6.07, 6.45) is 28.7. The molecule has 0 fully saturated rings. The molecule has 0 aromatic rings. The lowest BCUT2D eigenvalue weighted by molar-refractivity contribution is 0.338. The van der Waals surface area contributed by atoms with Crippen LogP contribution in [0.1, 0.15) is 84.0 Å². The first-order chi connectivity index (χ1) is 10.4. The molecule has 0 aliphatic carbocycles. The summed E-state index contributed by atoms with van der Waals surface area (Å²) in [6, 6.07) is 0. The zero-order valence-corrected chi connectivity index (χ0v) is 14.4. The summed E-state index contributed by atoms with van der Waals surface area (Å²) in [5, 5.41) is 0. The van der Waals surface area contributed by atoms with Crippen LogP contribution >= 0.6 is 0 Å². The summed E-state index contributed by atoms with van der Waals surface area (Å²) in [5.41, 5.74) is 0. The Morgan fingerprint density at radius 3 is 1.71 bits per heavy atom. The minimum atomic E-state index is 1.20. The summed E-state index contributed by atoms with van der Waals surface area (Å²) in [5.74, 6) is 0. The third kappa shape index (κ3) is 19.0. The zero-order chi connectivity index (χ0) is 15.4. The Kier molecular flexibility index (Phi) is 18.1. The van der Waals surface area contributed by atoms with E-state index in [4.69, 9.17) is 4.74 Å². The fraction of sp³-hybridized carbons (Fsp3) is 0.700. The molecule has 0 rings (SSSR count). The third-order valence-electron chi connectivity index (χ3n) is 3.66. The highest BCUT2D eigenvalue weighted by Gasteiger charge is 1.92. The standard InChI is InChI=1S/C20H36O/c1-3-4-5-6-7-8-9-10-11-12-13-14-15-16-17-18-19-20-21-2/h15-20H,3-14H2,1-2H3/b16-15+,18-17+,20-19+. The second kappa shape index (κ2) is 19.0. The topological polar surface area (TPSA) is 9.23 Å². The fourth-order valence-corrected chi connectivity index (χ4v) is 2.35. The van der Waals surface area contributed by atoms with E-state index in [9.17, 15) is 0 Å². The molecule has 0 unspecified atom stereocenters. The second-order valence-electron chi connectivity index (χ2n) is 5.70. The van der Waals surface area contributed by atoms with Gasteiger partial charge in [0.05, 0.1) is 13.4 Å². The van der Waals surface area contributed by atoms with Crippen LogP contribution in [-0.4, -0.2) is 7.11 Å². The van der Waals surface area contributed by atoms with Gasteiger partial charge in [0.1, 0.15) is 0 Å². The summed E-state index contributed by atoms with van der Waals surface area (Å²) in [4.78, 5) is 0. The van der Waals surface area contributed by atoms with Gasteiger partial charge in [-0.2, -0.15) is 0 Å². The Morgan fingerprint density at radius 2 is 1.14 bits per heavy atom. The van der Waals surface area contributed by atoms with Gasteiger partial charge in [0, 0.05) is 0 Å². The Balaban J connectivity index is 3.13. The highest BCUT2D eigenvalue weighted by Crippen LogP contribution is 2.11. The van der Waals surface area contributed by atoms with E-state index in [-0.39, 0.29) is 0 Å². The van der Waals surface area contributed by atoms with Crippen LogP contribution in [-0.2, 0) is 4.74 Å². The molecule has 0 heterocycles. The van der Waals surface area contributed by atoms with Gasteiger partial charge in [-0.3, -0.25) is 0 Å². The van der Waals surface area contributed by atoms with Crippen molar-refractivity contribution in [2.75, 3.05) is 7.11 Å². The average molecular weight is 293 g/mol. The molecule has 0 saturated carbocycles. The maximum atomic E-state index is 4.81. The van der Waals surface area contributed by atoms with Gasteiger partial charge < -0.3 is 4.74 Å². The van der Waals surface area contributed by atoms with E-state index in [2.05, 4.69) is 19.1 Å². The molecule has 0 aliphatic heterocycles. The van der Waals surface area contributed by atoms with E-state index in [1.807, 2.05) is 18.2 Å². The highest BCUT2D eigenvalue weighted by molar-refractivity contribution is 5.09. The van der Waals surface area contributed by atoms with Crippen LogP contribution in [0.3, 0.4) is 0 Å². The molecule has 0 aliphatic rings. The van der Waals surface area contributed by atoms with Crippen molar-refractivity contribution in [3.8, 4) is 0 Å². The maximum absolute atomic E-state index is 4.81.